The van der Waals surface area contributed by atoms with Crippen LogP contribution in [0.2, 0.25) is 0 Å². The molecule has 6 rings (SSSR count). The number of carbonyl (C=O) groups is 1. The molecule has 0 bridgehead atoms. The van der Waals surface area contributed by atoms with E-state index < -0.39 is 0 Å². The van der Waals surface area contributed by atoms with E-state index in [2.05, 4.69) is 74.6 Å². The highest BCUT2D eigenvalue weighted by Crippen LogP contribution is 2.65. The zero-order valence-corrected chi connectivity index (χ0v) is 26.3. The number of amides is 1. The van der Waals surface area contributed by atoms with E-state index in [0.29, 0.717) is 18.4 Å². The van der Waals surface area contributed by atoms with Crippen LogP contribution in [0.5, 0.6) is 0 Å². The summed E-state index contributed by atoms with van der Waals surface area (Å²) in [6.07, 6.45) is 13.8. The Morgan fingerprint density at radius 1 is 1.02 bits per heavy atom. The van der Waals surface area contributed by atoms with E-state index in [4.69, 9.17) is 9.57 Å². The average Bonchev–Trinajstić information content (AvgIpc) is 3.27. The Kier molecular flexibility index (Phi) is 8.10. The highest BCUT2D eigenvalue weighted by Gasteiger charge is 2.58. The van der Waals surface area contributed by atoms with Crippen LogP contribution >= 0.6 is 0 Å². The van der Waals surface area contributed by atoms with E-state index in [1.165, 1.54) is 30.4 Å². The summed E-state index contributed by atoms with van der Waals surface area (Å²) in [5.74, 6) is 1.98. The maximum absolute atomic E-state index is 12.7. The monoisotopic (exact) mass is 576 g/mol. The van der Waals surface area contributed by atoms with Crippen molar-refractivity contribution in [1.29, 1.82) is 0 Å². The van der Waals surface area contributed by atoms with Crippen LogP contribution in [0, 0.1) is 28.6 Å². The zero-order valence-electron chi connectivity index (χ0n) is 26.3. The van der Waals surface area contributed by atoms with Crippen LogP contribution in [0.4, 0.5) is 0 Å². The fraction of sp³-hybridized carbons (Fsp3) is 0.722. The number of nitrogens with one attached hydrogen (secondary N) is 1. The highest BCUT2D eigenvalue weighted by atomic mass is 16.6. The number of aliphatic hydroxyl groups excluding tert-OH is 1. The predicted molar refractivity (Wildman–Crippen MR) is 166 cm³/mol. The Hall–Kier alpha value is -2.18. The smallest absolute Gasteiger partial charge is 0.260 e. The maximum atomic E-state index is 12.7. The Balaban J connectivity index is 1.02. The van der Waals surface area contributed by atoms with Crippen LogP contribution in [-0.4, -0.2) is 48.2 Å². The third kappa shape index (κ3) is 5.47. The van der Waals surface area contributed by atoms with Crippen LogP contribution in [0.3, 0.4) is 0 Å². The van der Waals surface area contributed by atoms with Crippen LogP contribution in [0.15, 0.2) is 47.1 Å². The van der Waals surface area contributed by atoms with Gasteiger partial charge in [0.2, 0.25) is 0 Å². The largest absolute Gasteiger partial charge is 0.393 e. The number of carbonyl (C=O) groups excluding carboxylic acids is 1. The summed E-state index contributed by atoms with van der Waals surface area (Å²) in [4.78, 5) is 18.3. The van der Waals surface area contributed by atoms with Crippen molar-refractivity contribution in [3.63, 3.8) is 0 Å². The van der Waals surface area contributed by atoms with Crippen molar-refractivity contribution >= 4 is 11.6 Å². The van der Waals surface area contributed by atoms with Crippen molar-refractivity contribution in [2.75, 3.05) is 19.8 Å². The van der Waals surface area contributed by atoms with Crippen LogP contribution in [-0.2, 0) is 19.8 Å². The minimum Gasteiger partial charge on any atom is -0.393 e. The van der Waals surface area contributed by atoms with E-state index in [9.17, 15) is 9.90 Å². The second-order valence-electron chi connectivity index (χ2n) is 15.3. The molecule has 5 aliphatic rings. The number of aliphatic hydroxyl groups is 1. The number of oxime groups is 1. The number of hydrogen-bond acceptors (Lipinski definition) is 5. The van der Waals surface area contributed by atoms with Gasteiger partial charge in [0.25, 0.3) is 5.91 Å². The van der Waals surface area contributed by atoms with Gasteiger partial charge in [0, 0.05) is 18.6 Å². The van der Waals surface area contributed by atoms with Crippen LogP contribution in [0.25, 0.3) is 0 Å². The van der Waals surface area contributed by atoms with E-state index in [-0.39, 0.29) is 40.5 Å². The lowest BCUT2D eigenvalue weighted by Crippen LogP contribution is -2.51. The predicted octanol–water partition coefficient (Wildman–Crippen LogP) is 6.72. The zero-order chi connectivity index (χ0) is 29.6. The molecular formula is C36H52N2O4. The normalized spacial score (nSPS) is 39.9. The number of rotatable bonds is 7. The molecule has 4 aliphatic carbocycles. The molecule has 42 heavy (non-hydrogen) atoms. The molecule has 230 valence electrons. The van der Waals surface area contributed by atoms with Gasteiger partial charge >= 0.3 is 0 Å². The molecule has 2 N–H and O–H groups in total. The SMILES string of the molecule is CC1(C)CC(CCNC(=O)CON=C2C=C3CCC4C(CCC5(C)C(O)CCC45)C3(C)CC2)(c2ccccc2)CCO1. The Morgan fingerprint density at radius 2 is 1.83 bits per heavy atom. The number of hydrogen-bond donors (Lipinski definition) is 2. The molecule has 7 atom stereocenters. The second kappa shape index (κ2) is 11.4. The minimum absolute atomic E-state index is 0.00810. The molecule has 1 aromatic carbocycles. The number of fused-ring (bicyclic) bond motifs is 5. The van der Waals surface area contributed by atoms with Crippen molar-refractivity contribution < 1.29 is 19.5 Å². The van der Waals surface area contributed by atoms with Gasteiger partial charge in [-0.25, -0.2) is 0 Å². The summed E-state index contributed by atoms with van der Waals surface area (Å²) in [6.45, 7) is 10.4. The number of allylic oxidation sites excluding steroid dienone is 2. The van der Waals surface area contributed by atoms with E-state index in [0.717, 1.165) is 69.6 Å². The summed E-state index contributed by atoms with van der Waals surface area (Å²) < 4.78 is 6.03. The van der Waals surface area contributed by atoms with E-state index >= 15 is 0 Å². The first kappa shape index (κ1) is 29.9. The molecule has 0 aromatic heterocycles. The maximum Gasteiger partial charge on any atom is 0.260 e. The van der Waals surface area contributed by atoms with Gasteiger partial charge in [-0.15, -0.1) is 0 Å². The van der Waals surface area contributed by atoms with Crippen molar-refractivity contribution in [3.8, 4) is 0 Å². The molecule has 6 heteroatoms. The number of ether oxygens (including phenoxy) is 1. The van der Waals surface area contributed by atoms with Crippen molar-refractivity contribution in [2.24, 2.45) is 33.7 Å². The van der Waals surface area contributed by atoms with Crippen molar-refractivity contribution in [2.45, 2.75) is 115 Å². The standard InChI is InChI=1S/C36H52N2O4/c1-33(2)24-36(19-21-41-33,25-8-6-5-7-9-25)18-20-37-32(40)23-42-38-27-14-16-34(3)26(22-27)10-11-28-29-12-13-31(39)35(29,4)17-15-30(28)34/h5-9,22,28-31,39H,10-21,23-24H2,1-4H3,(H,37,40). The molecular weight excluding hydrogens is 524 g/mol. The molecule has 1 saturated heterocycles. The molecule has 1 aliphatic heterocycles. The molecule has 1 heterocycles. The van der Waals surface area contributed by atoms with Gasteiger partial charge in [-0.05, 0) is 125 Å². The lowest BCUT2D eigenvalue weighted by atomic mass is 9.47. The van der Waals surface area contributed by atoms with Gasteiger partial charge in [-0.3, -0.25) is 4.79 Å². The third-order valence-corrected chi connectivity index (χ3v) is 12.5. The van der Waals surface area contributed by atoms with E-state index in [1.807, 2.05) is 0 Å². The molecule has 4 fully saturated rings. The first-order chi connectivity index (χ1) is 20.0. The molecule has 1 amide bonds. The van der Waals surface area contributed by atoms with Crippen LogP contribution < -0.4 is 5.32 Å². The van der Waals surface area contributed by atoms with E-state index in [1.54, 1.807) is 0 Å². The molecule has 6 nitrogen and oxygen atoms in total. The van der Waals surface area contributed by atoms with Gasteiger partial charge in [-0.2, -0.15) is 0 Å². The van der Waals surface area contributed by atoms with Gasteiger partial charge < -0.3 is 20.0 Å². The first-order valence-electron chi connectivity index (χ1n) is 16.6. The molecule has 7 unspecified atom stereocenters. The molecule has 3 saturated carbocycles. The van der Waals surface area contributed by atoms with Gasteiger partial charge in [0.05, 0.1) is 17.4 Å². The van der Waals surface area contributed by atoms with Gasteiger partial charge in [0.1, 0.15) is 0 Å². The first-order valence-corrected chi connectivity index (χ1v) is 16.6. The summed E-state index contributed by atoms with van der Waals surface area (Å²) in [7, 11) is 0. The number of benzene rings is 1. The molecule has 1 aromatic rings. The van der Waals surface area contributed by atoms with Gasteiger partial charge in [0.15, 0.2) is 6.61 Å². The Bertz CT molecular complexity index is 1210. The summed E-state index contributed by atoms with van der Waals surface area (Å²) in [5.41, 5.74) is 3.98. The Labute approximate surface area is 252 Å². The fourth-order valence-electron chi connectivity index (χ4n) is 10.2. The lowest BCUT2D eigenvalue weighted by molar-refractivity contribution is -0.125. The molecule has 0 spiro atoms. The van der Waals surface area contributed by atoms with Gasteiger partial charge in [-0.1, -0.05) is 54.9 Å². The van der Waals surface area contributed by atoms with Crippen molar-refractivity contribution in [3.05, 3.63) is 47.5 Å². The third-order valence-electron chi connectivity index (χ3n) is 12.5. The molecule has 0 radical (unpaired) electrons. The minimum atomic E-state index is -0.183. The fourth-order valence-corrected chi connectivity index (χ4v) is 10.2. The average molecular weight is 577 g/mol. The quantitative estimate of drug-likeness (QED) is 0.353. The van der Waals surface area contributed by atoms with Crippen LogP contribution in [0.1, 0.15) is 104 Å². The van der Waals surface area contributed by atoms with Crippen molar-refractivity contribution in [1.82, 2.24) is 5.32 Å². The summed E-state index contributed by atoms with van der Waals surface area (Å²) >= 11 is 0. The summed E-state index contributed by atoms with van der Waals surface area (Å²) in [5, 5.41) is 18.3. The lowest BCUT2D eigenvalue weighted by Gasteiger charge is -2.57. The second-order valence-corrected chi connectivity index (χ2v) is 15.3. The summed E-state index contributed by atoms with van der Waals surface area (Å²) in [6, 6.07) is 10.7. The topological polar surface area (TPSA) is 80.2 Å². The Morgan fingerprint density at radius 3 is 2.62 bits per heavy atom. The number of nitrogens with zero attached hydrogens (tertiary/aromatic N) is 1. The highest BCUT2D eigenvalue weighted by molar-refractivity contribution is 5.96.